The highest BCUT2D eigenvalue weighted by atomic mass is 16.6. The molecular formula is C30H28N2O7. The quantitative estimate of drug-likeness (QED) is 0.217. The van der Waals surface area contributed by atoms with Crippen LogP contribution in [-0.4, -0.2) is 40.9 Å². The van der Waals surface area contributed by atoms with Crippen molar-refractivity contribution in [3.8, 4) is 11.1 Å². The molecule has 9 heteroatoms. The number of fused-ring (bicyclic) bond motifs is 1. The van der Waals surface area contributed by atoms with Crippen molar-refractivity contribution in [1.82, 2.24) is 4.90 Å². The van der Waals surface area contributed by atoms with E-state index in [2.05, 4.69) is 0 Å². The molecule has 1 aliphatic heterocycles. The van der Waals surface area contributed by atoms with E-state index in [1.165, 1.54) is 29.4 Å². The van der Waals surface area contributed by atoms with Gasteiger partial charge >= 0.3 is 11.9 Å². The first-order valence-corrected chi connectivity index (χ1v) is 12.5. The van der Waals surface area contributed by atoms with Gasteiger partial charge in [-0.05, 0) is 61.2 Å². The third kappa shape index (κ3) is 5.57. The van der Waals surface area contributed by atoms with Crippen LogP contribution in [0.3, 0.4) is 0 Å². The van der Waals surface area contributed by atoms with Crippen LogP contribution in [0.4, 0.5) is 5.69 Å². The van der Waals surface area contributed by atoms with Crippen LogP contribution in [0.1, 0.15) is 41.8 Å². The summed E-state index contributed by atoms with van der Waals surface area (Å²) in [7, 11) is 0. The second kappa shape index (κ2) is 11.3. The summed E-state index contributed by atoms with van der Waals surface area (Å²) in [5, 5.41) is 12.8. The Hall–Kier alpha value is -4.79. The smallest absolute Gasteiger partial charge is 0.335 e. The molecule has 0 unspecified atom stereocenters. The highest BCUT2D eigenvalue weighted by molar-refractivity contribution is 6.13. The molecule has 0 saturated heterocycles. The highest BCUT2D eigenvalue weighted by Crippen LogP contribution is 2.36. The molecule has 3 aromatic carbocycles. The first-order chi connectivity index (χ1) is 18.6. The monoisotopic (exact) mass is 528 g/mol. The van der Waals surface area contributed by atoms with Crippen LogP contribution in [0.25, 0.3) is 21.9 Å². The number of hydrogen-bond acceptors (Lipinski definition) is 7. The van der Waals surface area contributed by atoms with E-state index in [1.54, 1.807) is 32.9 Å². The van der Waals surface area contributed by atoms with Crippen LogP contribution >= 0.6 is 0 Å². The number of carbonyl (C=O) groups excluding carboxylic acids is 3. The number of carbonyl (C=O) groups is 3. The van der Waals surface area contributed by atoms with Gasteiger partial charge in [-0.15, -0.1) is 0 Å². The standard InChI is InChI=1S/C30H28N2O7/c1-5-38-29(34)21-14-22(30(35)39-6-2)17-31(16-21)28(33)27-19(4)13-25(26-12-18(3)10-11-24(26)27)20-8-7-9-23(15-20)32(36)37/h7-13,15-17H,5-6,14H2,1-4H3. The van der Waals surface area contributed by atoms with Crippen LogP contribution in [0.2, 0.25) is 0 Å². The minimum Gasteiger partial charge on any atom is -0.463 e. The van der Waals surface area contributed by atoms with Crippen LogP contribution in [-0.2, 0) is 19.1 Å². The van der Waals surface area contributed by atoms with Gasteiger partial charge in [-0.25, -0.2) is 9.59 Å². The van der Waals surface area contributed by atoms with Crippen molar-refractivity contribution in [1.29, 1.82) is 0 Å². The zero-order valence-electron chi connectivity index (χ0n) is 22.1. The van der Waals surface area contributed by atoms with Gasteiger partial charge in [0.15, 0.2) is 0 Å². The second-order valence-corrected chi connectivity index (χ2v) is 9.11. The maximum absolute atomic E-state index is 14.0. The number of benzene rings is 3. The lowest BCUT2D eigenvalue weighted by Crippen LogP contribution is -2.28. The van der Waals surface area contributed by atoms with Gasteiger partial charge in [-0.2, -0.15) is 0 Å². The van der Waals surface area contributed by atoms with E-state index >= 15 is 0 Å². The van der Waals surface area contributed by atoms with Gasteiger partial charge in [0.1, 0.15) is 0 Å². The molecule has 0 N–H and O–H groups in total. The molecule has 1 heterocycles. The molecule has 1 amide bonds. The zero-order valence-corrected chi connectivity index (χ0v) is 22.1. The van der Waals surface area contributed by atoms with E-state index in [0.717, 1.165) is 16.5 Å². The number of nitro groups is 1. The fourth-order valence-corrected chi connectivity index (χ4v) is 4.60. The number of non-ortho nitro benzene ring substituents is 1. The molecule has 39 heavy (non-hydrogen) atoms. The summed E-state index contributed by atoms with van der Waals surface area (Å²) in [6.07, 6.45) is 2.75. The van der Waals surface area contributed by atoms with Crippen LogP contribution in [0.5, 0.6) is 0 Å². The first-order valence-electron chi connectivity index (χ1n) is 12.5. The van der Waals surface area contributed by atoms with Crippen molar-refractivity contribution in [2.75, 3.05) is 13.2 Å². The molecule has 0 aromatic heterocycles. The first kappa shape index (κ1) is 27.3. The molecule has 9 nitrogen and oxygen atoms in total. The number of nitrogens with zero attached hydrogens (tertiary/aromatic N) is 2. The topological polar surface area (TPSA) is 116 Å². The fraction of sp³-hybridized carbons (Fsp3) is 0.233. The van der Waals surface area contributed by atoms with E-state index in [0.29, 0.717) is 22.1 Å². The molecule has 0 aliphatic carbocycles. The molecule has 0 saturated carbocycles. The zero-order chi connectivity index (χ0) is 28.3. The van der Waals surface area contributed by atoms with Crippen LogP contribution < -0.4 is 0 Å². The normalized spacial score (nSPS) is 13.0. The van der Waals surface area contributed by atoms with Crippen molar-refractivity contribution in [2.24, 2.45) is 0 Å². The second-order valence-electron chi connectivity index (χ2n) is 9.11. The Bertz CT molecular complexity index is 1540. The third-order valence-corrected chi connectivity index (χ3v) is 6.35. The maximum Gasteiger partial charge on any atom is 0.335 e. The van der Waals surface area contributed by atoms with Gasteiger partial charge in [0.05, 0.1) is 34.8 Å². The number of nitro benzene ring substituents is 1. The Morgan fingerprint density at radius 1 is 0.897 bits per heavy atom. The van der Waals surface area contributed by atoms with Crippen LogP contribution in [0.15, 0.2) is 72.1 Å². The van der Waals surface area contributed by atoms with E-state index < -0.39 is 22.8 Å². The molecule has 0 bridgehead atoms. The van der Waals surface area contributed by atoms with Crippen LogP contribution in [0, 0.1) is 24.0 Å². The van der Waals surface area contributed by atoms with Gasteiger partial charge in [0, 0.05) is 31.0 Å². The van der Waals surface area contributed by atoms with E-state index in [-0.39, 0.29) is 36.5 Å². The Morgan fingerprint density at radius 3 is 2.13 bits per heavy atom. The third-order valence-electron chi connectivity index (χ3n) is 6.35. The summed E-state index contributed by atoms with van der Waals surface area (Å²) in [5.74, 6) is -1.69. The Labute approximate surface area is 225 Å². The predicted octanol–water partition coefficient (Wildman–Crippen LogP) is 5.77. The number of ether oxygens (including phenoxy) is 2. The lowest BCUT2D eigenvalue weighted by Gasteiger charge is -2.24. The average molecular weight is 529 g/mol. The molecular weight excluding hydrogens is 500 g/mol. The Kier molecular flexibility index (Phi) is 7.90. The SMILES string of the molecule is CCOC(=O)C1=CN(C(=O)c2c(C)cc(-c3cccc([N+](=O)[O-])c3)c3cc(C)ccc23)C=C(C(=O)OCC)C1. The molecule has 1 aliphatic rings. The number of aryl methyl sites for hydroxylation is 2. The summed E-state index contributed by atoms with van der Waals surface area (Å²) >= 11 is 0. The summed E-state index contributed by atoms with van der Waals surface area (Å²) in [4.78, 5) is 51.3. The van der Waals surface area contributed by atoms with Gasteiger partial charge in [0.2, 0.25) is 0 Å². The van der Waals surface area contributed by atoms with Crippen molar-refractivity contribution in [3.63, 3.8) is 0 Å². The van der Waals surface area contributed by atoms with E-state index in [1.807, 2.05) is 31.2 Å². The highest BCUT2D eigenvalue weighted by Gasteiger charge is 2.28. The van der Waals surface area contributed by atoms with Crippen molar-refractivity contribution in [2.45, 2.75) is 34.1 Å². The number of esters is 2. The summed E-state index contributed by atoms with van der Waals surface area (Å²) in [6.45, 7) is 7.34. The molecule has 0 atom stereocenters. The van der Waals surface area contributed by atoms with Crippen molar-refractivity contribution < 1.29 is 28.8 Å². The van der Waals surface area contributed by atoms with Gasteiger partial charge < -0.3 is 9.47 Å². The molecule has 3 aromatic rings. The van der Waals surface area contributed by atoms with E-state index in [4.69, 9.17) is 9.47 Å². The summed E-state index contributed by atoms with van der Waals surface area (Å²) < 4.78 is 10.3. The lowest BCUT2D eigenvalue weighted by atomic mass is 9.90. The molecule has 0 radical (unpaired) electrons. The molecule has 200 valence electrons. The number of amides is 1. The minimum absolute atomic E-state index is 0.0217. The number of hydrogen-bond donors (Lipinski definition) is 0. The largest absolute Gasteiger partial charge is 0.463 e. The van der Waals surface area contributed by atoms with Gasteiger partial charge in [-0.3, -0.25) is 19.8 Å². The van der Waals surface area contributed by atoms with E-state index in [9.17, 15) is 24.5 Å². The maximum atomic E-state index is 14.0. The van der Waals surface area contributed by atoms with Gasteiger partial charge in [-0.1, -0.05) is 35.9 Å². The predicted molar refractivity (Wildman–Crippen MR) is 146 cm³/mol. The average Bonchev–Trinajstić information content (AvgIpc) is 2.92. The number of rotatable bonds is 7. The molecule has 0 fully saturated rings. The lowest BCUT2D eigenvalue weighted by molar-refractivity contribution is -0.384. The summed E-state index contributed by atoms with van der Waals surface area (Å²) in [6, 6.07) is 13.8. The molecule has 4 rings (SSSR count). The minimum atomic E-state index is -0.622. The summed E-state index contributed by atoms with van der Waals surface area (Å²) in [5.41, 5.74) is 3.62. The van der Waals surface area contributed by atoms with Crippen molar-refractivity contribution in [3.05, 3.63) is 98.9 Å². The Morgan fingerprint density at radius 2 is 1.54 bits per heavy atom. The van der Waals surface area contributed by atoms with Crippen molar-refractivity contribution >= 4 is 34.3 Å². The molecule has 0 spiro atoms. The van der Waals surface area contributed by atoms with Gasteiger partial charge in [0.25, 0.3) is 11.6 Å². The Balaban J connectivity index is 1.88. The fourth-order valence-electron chi connectivity index (χ4n) is 4.60.